The van der Waals surface area contributed by atoms with Gasteiger partial charge in [-0.15, -0.1) is 0 Å². The largest absolute Gasteiger partial charge is 0.356 e. The smallest absolute Gasteiger partial charge is 0.262 e. The number of carbonyl (C=O) groups is 4. The van der Waals surface area contributed by atoms with Crippen LogP contribution in [0.1, 0.15) is 71.6 Å². The van der Waals surface area contributed by atoms with E-state index in [1.807, 2.05) is 24.3 Å². The van der Waals surface area contributed by atoms with E-state index in [-0.39, 0.29) is 24.8 Å². The van der Waals surface area contributed by atoms with Gasteiger partial charge in [0.05, 0.1) is 39.6 Å². The highest BCUT2D eigenvalue weighted by Gasteiger charge is 2.42. The van der Waals surface area contributed by atoms with Crippen molar-refractivity contribution in [1.29, 1.82) is 5.26 Å². The molecular formula is C29H20N4O4. The molecule has 1 unspecified atom stereocenters. The Morgan fingerprint density at radius 1 is 0.730 bits per heavy atom. The van der Waals surface area contributed by atoms with E-state index < -0.39 is 17.9 Å². The minimum Gasteiger partial charge on any atom is -0.356 e. The molecule has 0 aliphatic carbocycles. The maximum atomic E-state index is 13.4. The Balaban J connectivity index is 1.35. The van der Waals surface area contributed by atoms with E-state index in [9.17, 15) is 24.4 Å². The number of fused-ring (bicyclic) bond motifs is 3. The standard InChI is InChI=1S/C29H20N4O4/c30-16-22-17-8-5-6-13-23(17)31-25(22)24(33-28(36)20-11-3-4-12-21(20)29(33)37)14-7-15-32-26(34)18-9-1-2-10-19(18)27(32)35/h1-6,8-13,24,31H,7,14-15H2. The van der Waals surface area contributed by atoms with Crippen molar-refractivity contribution < 1.29 is 19.2 Å². The molecule has 8 heteroatoms. The van der Waals surface area contributed by atoms with E-state index in [0.717, 1.165) is 5.52 Å². The molecule has 1 N–H and O–H groups in total. The van der Waals surface area contributed by atoms with Crippen molar-refractivity contribution in [2.75, 3.05) is 6.54 Å². The van der Waals surface area contributed by atoms with Crippen LogP contribution in [0.2, 0.25) is 0 Å². The summed E-state index contributed by atoms with van der Waals surface area (Å²) < 4.78 is 0. The summed E-state index contributed by atoms with van der Waals surface area (Å²) >= 11 is 0. The molecule has 0 saturated carbocycles. The fraction of sp³-hybridized carbons (Fsp3) is 0.138. The Morgan fingerprint density at radius 3 is 1.81 bits per heavy atom. The van der Waals surface area contributed by atoms with Gasteiger partial charge in [-0.3, -0.25) is 29.0 Å². The van der Waals surface area contributed by atoms with Crippen LogP contribution in [-0.2, 0) is 0 Å². The SMILES string of the molecule is N#Cc1c(C(CCCN2C(=O)c3ccccc3C2=O)N2C(=O)c3ccccc3C2=O)[nH]c2ccccc12. The number of hydrogen-bond donors (Lipinski definition) is 1. The second-order valence-corrected chi connectivity index (χ2v) is 9.06. The molecule has 4 amide bonds. The van der Waals surface area contributed by atoms with Gasteiger partial charge in [-0.05, 0) is 43.2 Å². The normalized spacial score (nSPS) is 15.3. The fourth-order valence-corrected chi connectivity index (χ4v) is 5.31. The molecule has 0 bridgehead atoms. The number of nitrogens with one attached hydrogen (secondary N) is 1. The van der Waals surface area contributed by atoms with Gasteiger partial charge >= 0.3 is 0 Å². The Bertz CT molecular complexity index is 1610. The van der Waals surface area contributed by atoms with E-state index in [1.165, 1.54) is 9.80 Å². The van der Waals surface area contributed by atoms with E-state index in [0.29, 0.717) is 45.3 Å². The topological polar surface area (TPSA) is 114 Å². The van der Waals surface area contributed by atoms with Crippen molar-refractivity contribution in [2.24, 2.45) is 0 Å². The first-order valence-corrected chi connectivity index (χ1v) is 11.9. The molecule has 4 aromatic rings. The number of amides is 4. The number of carbonyl (C=O) groups excluding carboxylic acids is 4. The van der Waals surface area contributed by atoms with Crippen LogP contribution in [0.3, 0.4) is 0 Å². The average molecular weight is 489 g/mol. The third kappa shape index (κ3) is 3.36. The van der Waals surface area contributed by atoms with E-state index in [2.05, 4.69) is 11.1 Å². The molecule has 0 fully saturated rings. The first-order chi connectivity index (χ1) is 18.0. The summed E-state index contributed by atoms with van der Waals surface area (Å²) in [6.07, 6.45) is 0.574. The zero-order chi connectivity index (χ0) is 25.7. The number of aromatic nitrogens is 1. The molecule has 6 rings (SSSR count). The minimum absolute atomic E-state index is 0.119. The average Bonchev–Trinajstić information content (AvgIpc) is 3.51. The number of aromatic amines is 1. The van der Waals surface area contributed by atoms with Crippen molar-refractivity contribution in [2.45, 2.75) is 18.9 Å². The quantitative estimate of drug-likeness (QED) is 0.403. The molecule has 0 spiro atoms. The molecule has 1 aromatic heterocycles. The second kappa shape index (κ2) is 8.57. The summed E-state index contributed by atoms with van der Waals surface area (Å²) in [5.41, 5.74) is 2.90. The predicted octanol–water partition coefficient (Wildman–Crippen LogP) is 4.45. The van der Waals surface area contributed by atoms with Crippen LogP contribution in [0.15, 0.2) is 72.8 Å². The Morgan fingerprint density at radius 2 is 1.24 bits per heavy atom. The van der Waals surface area contributed by atoms with Crippen LogP contribution in [0.4, 0.5) is 0 Å². The molecule has 2 aliphatic rings. The first-order valence-electron chi connectivity index (χ1n) is 11.9. The molecule has 0 radical (unpaired) electrons. The number of nitrogens with zero attached hydrogens (tertiary/aromatic N) is 3. The van der Waals surface area contributed by atoms with Crippen molar-refractivity contribution in [3.05, 3.63) is 106 Å². The van der Waals surface area contributed by atoms with Crippen LogP contribution in [-0.4, -0.2) is 45.0 Å². The summed E-state index contributed by atoms with van der Waals surface area (Å²) in [6.45, 7) is 0.119. The van der Waals surface area contributed by atoms with Gasteiger partial charge in [0.25, 0.3) is 23.6 Å². The zero-order valence-corrected chi connectivity index (χ0v) is 19.6. The molecule has 0 saturated heterocycles. The van der Waals surface area contributed by atoms with E-state index in [4.69, 9.17) is 0 Å². The number of H-pyrrole nitrogens is 1. The maximum Gasteiger partial charge on any atom is 0.262 e. The maximum absolute atomic E-state index is 13.4. The number of nitriles is 1. The number of benzene rings is 3. The Kier molecular flexibility index (Phi) is 5.20. The molecule has 3 aromatic carbocycles. The lowest BCUT2D eigenvalue weighted by molar-refractivity contribution is 0.0547. The summed E-state index contributed by atoms with van der Waals surface area (Å²) in [6, 6.07) is 22.1. The second-order valence-electron chi connectivity index (χ2n) is 9.06. The third-order valence-electron chi connectivity index (χ3n) is 7.05. The third-order valence-corrected chi connectivity index (χ3v) is 7.05. The lowest BCUT2D eigenvalue weighted by Crippen LogP contribution is -2.36. The van der Waals surface area contributed by atoms with Gasteiger partial charge in [-0.25, -0.2) is 0 Å². The number of para-hydroxylation sites is 1. The number of rotatable bonds is 6. The molecule has 8 nitrogen and oxygen atoms in total. The van der Waals surface area contributed by atoms with E-state index in [1.54, 1.807) is 48.5 Å². The fourth-order valence-electron chi connectivity index (χ4n) is 5.31. The Labute approximate surface area is 211 Å². The van der Waals surface area contributed by atoms with Crippen LogP contribution in [0.5, 0.6) is 0 Å². The van der Waals surface area contributed by atoms with Gasteiger partial charge in [-0.2, -0.15) is 5.26 Å². The molecule has 2 aliphatic heterocycles. The lowest BCUT2D eigenvalue weighted by Gasteiger charge is -2.26. The molecular weight excluding hydrogens is 468 g/mol. The highest BCUT2D eigenvalue weighted by molar-refractivity contribution is 6.22. The van der Waals surface area contributed by atoms with E-state index >= 15 is 0 Å². The summed E-state index contributed by atoms with van der Waals surface area (Å²) in [4.78, 5) is 58.1. The van der Waals surface area contributed by atoms with Gasteiger partial charge < -0.3 is 4.98 Å². The van der Waals surface area contributed by atoms with Gasteiger partial charge in [0.2, 0.25) is 0 Å². The highest BCUT2D eigenvalue weighted by atomic mass is 16.2. The van der Waals surface area contributed by atoms with Crippen molar-refractivity contribution >= 4 is 34.5 Å². The van der Waals surface area contributed by atoms with Gasteiger partial charge in [0.1, 0.15) is 6.07 Å². The van der Waals surface area contributed by atoms with Crippen molar-refractivity contribution in [3.63, 3.8) is 0 Å². The summed E-state index contributed by atoms with van der Waals surface area (Å²) in [5.74, 6) is -1.59. The molecule has 37 heavy (non-hydrogen) atoms. The van der Waals surface area contributed by atoms with Crippen molar-refractivity contribution in [1.82, 2.24) is 14.8 Å². The number of imide groups is 2. The first kappa shape index (κ1) is 22.4. The summed E-state index contributed by atoms with van der Waals surface area (Å²) in [7, 11) is 0. The van der Waals surface area contributed by atoms with Crippen LogP contribution in [0.25, 0.3) is 10.9 Å². The Hall–Kier alpha value is -5.03. The van der Waals surface area contributed by atoms with Gasteiger partial charge in [-0.1, -0.05) is 42.5 Å². The van der Waals surface area contributed by atoms with Crippen LogP contribution >= 0.6 is 0 Å². The van der Waals surface area contributed by atoms with Crippen molar-refractivity contribution in [3.8, 4) is 6.07 Å². The van der Waals surface area contributed by atoms with Crippen LogP contribution < -0.4 is 0 Å². The zero-order valence-electron chi connectivity index (χ0n) is 19.6. The molecule has 1 atom stereocenters. The molecule has 180 valence electrons. The highest BCUT2D eigenvalue weighted by Crippen LogP contribution is 2.37. The molecule has 3 heterocycles. The van der Waals surface area contributed by atoms with Gasteiger partial charge in [0.15, 0.2) is 0 Å². The predicted molar refractivity (Wildman–Crippen MR) is 134 cm³/mol. The minimum atomic E-state index is -0.787. The lowest BCUT2D eigenvalue weighted by atomic mass is 10.0. The van der Waals surface area contributed by atoms with Crippen LogP contribution in [0, 0.1) is 11.3 Å². The van der Waals surface area contributed by atoms with Gasteiger partial charge in [0, 0.05) is 17.4 Å². The monoisotopic (exact) mass is 488 g/mol. The number of hydrogen-bond acceptors (Lipinski definition) is 5. The summed E-state index contributed by atoms with van der Waals surface area (Å²) in [5, 5.41) is 10.7.